The summed E-state index contributed by atoms with van der Waals surface area (Å²) in [5, 5.41) is 14.6. The molecule has 1 fully saturated rings. The fourth-order valence-corrected chi connectivity index (χ4v) is 2.76. The molecule has 1 aromatic rings. The molecule has 18 heavy (non-hydrogen) atoms. The van der Waals surface area contributed by atoms with E-state index in [4.69, 9.17) is 5.11 Å². The van der Waals surface area contributed by atoms with Gasteiger partial charge in [0, 0.05) is 11.1 Å². The highest BCUT2D eigenvalue weighted by molar-refractivity contribution is 7.09. The van der Waals surface area contributed by atoms with Crippen molar-refractivity contribution < 1.29 is 14.7 Å². The van der Waals surface area contributed by atoms with Gasteiger partial charge < -0.3 is 10.4 Å². The standard InChI is InChI=1S/C12H16N2O3S/c1-3-8(9-13-7(2)6-18-9)14-10(15)12(4-5-12)11(16)17/h6,8H,3-5H2,1-2H3,(H,14,15)(H,16,17). The van der Waals surface area contributed by atoms with Gasteiger partial charge in [0.15, 0.2) is 0 Å². The van der Waals surface area contributed by atoms with Gasteiger partial charge in [-0.1, -0.05) is 6.92 Å². The van der Waals surface area contributed by atoms with E-state index in [1.807, 2.05) is 19.2 Å². The molecule has 0 saturated heterocycles. The number of hydrogen-bond acceptors (Lipinski definition) is 4. The first-order valence-electron chi connectivity index (χ1n) is 5.96. The van der Waals surface area contributed by atoms with Gasteiger partial charge in [-0.05, 0) is 26.2 Å². The molecule has 98 valence electrons. The van der Waals surface area contributed by atoms with Crippen LogP contribution in [0.15, 0.2) is 5.38 Å². The number of amides is 1. The van der Waals surface area contributed by atoms with Gasteiger partial charge in [0.2, 0.25) is 5.91 Å². The zero-order valence-corrected chi connectivity index (χ0v) is 11.2. The summed E-state index contributed by atoms with van der Waals surface area (Å²) in [5.74, 6) is -1.40. The average Bonchev–Trinajstić information content (AvgIpc) is 3.04. The fourth-order valence-electron chi connectivity index (χ4n) is 1.83. The number of rotatable bonds is 5. The lowest BCUT2D eigenvalue weighted by atomic mass is 10.1. The van der Waals surface area contributed by atoms with Gasteiger partial charge in [0.05, 0.1) is 6.04 Å². The number of aryl methyl sites for hydroxylation is 1. The van der Waals surface area contributed by atoms with Crippen LogP contribution in [0.1, 0.15) is 42.9 Å². The smallest absolute Gasteiger partial charge is 0.319 e. The molecule has 2 N–H and O–H groups in total. The maximum Gasteiger partial charge on any atom is 0.319 e. The number of hydrogen-bond donors (Lipinski definition) is 2. The molecule has 0 radical (unpaired) electrons. The first-order chi connectivity index (χ1) is 8.49. The first kappa shape index (κ1) is 13.0. The number of nitrogens with zero attached hydrogens (tertiary/aromatic N) is 1. The molecule has 6 heteroatoms. The van der Waals surface area contributed by atoms with Crippen molar-refractivity contribution in [3.05, 3.63) is 16.1 Å². The van der Waals surface area contributed by atoms with Crippen LogP contribution in [-0.4, -0.2) is 22.0 Å². The molecule has 1 aliphatic rings. The Bertz CT molecular complexity index is 479. The predicted octanol–water partition coefficient (Wildman–Crippen LogP) is 1.88. The third kappa shape index (κ3) is 2.25. The first-order valence-corrected chi connectivity index (χ1v) is 6.84. The minimum Gasteiger partial charge on any atom is -0.480 e. The molecule has 0 aliphatic heterocycles. The normalized spacial score (nSPS) is 18.1. The Hall–Kier alpha value is -1.43. The van der Waals surface area contributed by atoms with Crippen molar-refractivity contribution in [2.45, 2.75) is 39.2 Å². The lowest BCUT2D eigenvalue weighted by Gasteiger charge is -2.17. The lowest BCUT2D eigenvalue weighted by Crippen LogP contribution is -2.39. The maximum absolute atomic E-state index is 12.0. The van der Waals surface area contributed by atoms with Gasteiger partial charge in [-0.15, -0.1) is 11.3 Å². The summed E-state index contributed by atoms with van der Waals surface area (Å²) < 4.78 is 0. The fraction of sp³-hybridized carbons (Fsp3) is 0.583. The monoisotopic (exact) mass is 268 g/mol. The van der Waals surface area contributed by atoms with Crippen molar-refractivity contribution in [2.75, 3.05) is 0 Å². The van der Waals surface area contributed by atoms with Crippen LogP contribution >= 0.6 is 11.3 Å². The predicted molar refractivity (Wildman–Crippen MR) is 67.3 cm³/mol. The Kier molecular flexibility index (Phi) is 3.38. The minimum absolute atomic E-state index is 0.187. The number of aliphatic carboxylic acids is 1. The van der Waals surface area contributed by atoms with Crippen LogP contribution in [0.5, 0.6) is 0 Å². The largest absolute Gasteiger partial charge is 0.480 e. The number of thiazole rings is 1. The molecule has 5 nitrogen and oxygen atoms in total. The quantitative estimate of drug-likeness (QED) is 0.799. The summed E-state index contributed by atoms with van der Waals surface area (Å²) in [5.41, 5.74) is -0.262. The summed E-state index contributed by atoms with van der Waals surface area (Å²) >= 11 is 1.49. The van der Waals surface area contributed by atoms with Crippen molar-refractivity contribution in [3.63, 3.8) is 0 Å². The van der Waals surface area contributed by atoms with Crippen LogP contribution in [-0.2, 0) is 9.59 Å². The number of carboxylic acids is 1. The summed E-state index contributed by atoms with van der Waals surface area (Å²) in [6, 6.07) is -0.187. The molecule has 1 aliphatic carbocycles. The lowest BCUT2D eigenvalue weighted by molar-refractivity contribution is -0.149. The SMILES string of the molecule is CCC(NC(=O)C1(C(=O)O)CC1)c1nc(C)cs1. The summed E-state index contributed by atoms with van der Waals surface area (Å²) in [7, 11) is 0. The van der Waals surface area contributed by atoms with Crippen molar-refractivity contribution in [3.8, 4) is 0 Å². The topological polar surface area (TPSA) is 79.3 Å². The second-order valence-corrected chi connectivity index (χ2v) is 5.54. The van der Waals surface area contributed by atoms with Crippen LogP contribution in [0.25, 0.3) is 0 Å². The maximum atomic E-state index is 12.0. The van der Waals surface area contributed by atoms with Crippen LogP contribution in [0.4, 0.5) is 0 Å². The second kappa shape index (κ2) is 4.68. The number of carbonyl (C=O) groups excluding carboxylic acids is 1. The van der Waals surface area contributed by atoms with Crippen molar-refractivity contribution in [2.24, 2.45) is 5.41 Å². The zero-order valence-electron chi connectivity index (χ0n) is 10.4. The molecule has 1 atom stereocenters. The van der Waals surface area contributed by atoms with Crippen molar-refractivity contribution in [1.82, 2.24) is 10.3 Å². The van der Waals surface area contributed by atoms with Gasteiger partial charge in [-0.3, -0.25) is 9.59 Å². The molecular weight excluding hydrogens is 252 g/mol. The van der Waals surface area contributed by atoms with E-state index in [0.717, 1.165) is 10.7 Å². The Labute approximate surface area is 109 Å². The second-order valence-electron chi connectivity index (χ2n) is 4.65. The summed E-state index contributed by atoms with van der Waals surface area (Å²) in [6.45, 7) is 3.84. The Morgan fingerprint density at radius 1 is 1.61 bits per heavy atom. The van der Waals surface area contributed by atoms with Crippen LogP contribution < -0.4 is 5.32 Å². The molecule has 1 unspecified atom stereocenters. The molecule has 0 bridgehead atoms. The van der Waals surface area contributed by atoms with E-state index in [0.29, 0.717) is 19.3 Å². The number of carboxylic acid groups (broad SMARTS) is 1. The van der Waals surface area contributed by atoms with Gasteiger partial charge in [-0.25, -0.2) is 4.98 Å². The molecule has 2 rings (SSSR count). The Morgan fingerprint density at radius 2 is 2.28 bits per heavy atom. The molecule has 1 aromatic heterocycles. The molecule has 0 spiro atoms. The molecule has 1 saturated carbocycles. The number of carbonyl (C=O) groups is 2. The van der Waals surface area contributed by atoms with Crippen LogP contribution in [0, 0.1) is 12.3 Å². The third-order valence-corrected chi connectivity index (χ3v) is 4.32. The van der Waals surface area contributed by atoms with E-state index in [2.05, 4.69) is 10.3 Å². The van der Waals surface area contributed by atoms with Crippen molar-refractivity contribution >= 4 is 23.2 Å². The third-order valence-electron chi connectivity index (χ3n) is 3.24. The van der Waals surface area contributed by atoms with Crippen LogP contribution in [0.3, 0.4) is 0 Å². The Balaban J connectivity index is 2.08. The van der Waals surface area contributed by atoms with E-state index in [-0.39, 0.29) is 11.9 Å². The highest BCUT2D eigenvalue weighted by atomic mass is 32.1. The summed E-state index contributed by atoms with van der Waals surface area (Å²) in [6.07, 6.45) is 1.57. The van der Waals surface area contributed by atoms with Crippen molar-refractivity contribution in [1.29, 1.82) is 0 Å². The van der Waals surface area contributed by atoms with Gasteiger partial charge >= 0.3 is 5.97 Å². The molecular formula is C12H16N2O3S. The average molecular weight is 268 g/mol. The Morgan fingerprint density at radius 3 is 2.67 bits per heavy atom. The van der Waals surface area contributed by atoms with Gasteiger partial charge in [-0.2, -0.15) is 0 Å². The summed E-state index contributed by atoms with van der Waals surface area (Å²) in [4.78, 5) is 27.4. The number of aromatic nitrogens is 1. The minimum atomic E-state index is -1.18. The molecule has 1 amide bonds. The van der Waals surface area contributed by atoms with Gasteiger partial charge in [0.1, 0.15) is 10.4 Å². The van der Waals surface area contributed by atoms with E-state index in [9.17, 15) is 9.59 Å². The zero-order chi connectivity index (χ0) is 13.3. The van der Waals surface area contributed by atoms with E-state index in [1.165, 1.54) is 11.3 Å². The van der Waals surface area contributed by atoms with E-state index < -0.39 is 11.4 Å². The van der Waals surface area contributed by atoms with Gasteiger partial charge in [0.25, 0.3) is 0 Å². The van der Waals surface area contributed by atoms with E-state index in [1.54, 1.807) is 0 Å². The highest BCUT2D eigenvalue weighted by Gasteiger charge is 2.57. The number of nitrogens with one attached hydrogen (secondary N) is 1. The van der Waals surface area contributed by atoms with E-state index >= 15 is 0 Å². The molecule has 0 aromatic carbocycles. The molecule has 1 heterocycles. The van der Waals surface area contributed by atoms with Crippen LogP contribution in [0.2, 0.25) is 0 Å². The highest BCUT2D eigenvalue weighted by Crippen LogP contribution is 2.46.